The molecule has 0 unspecified atom stereocenters. The Morgan fingerprint density at radius 3 is 2.94 bits per heavy atom. The third-order valence-corrected chi connectivity index (χ3v) is 2.07. The maximum atomic E-state index is 11.4. The molecule has 1 heterocycles. The molecule has 0 bridgehead atoms. The first-order chi connectivity index (χ1) is 8.65. The summed E-state index contributed by atoms with van der Waals surface area (Å²) < 4.78 is 4.93. The van der Waals surface area contributed by atoms with Crippen LogP contribution < -0.4 is 16.4 Å². The molecule has 1 aromatic rings. The average Bonchev–Trinajstić information content (AvgIpc) is 2.33. The van der Waals surface area contributed by atoms with E-state index in [4.69, 9.17) is 10.5 Å². The molecule has 0 saturated carbocycles. The molecule has 18 heavy (non-hydrogen) atoms. The van der Waals surface area contributed by atoms with E-state index in [-0.39, 0.29) is 19.1 Å². The molecule has 0 aliphatic rings. The lowest BCUT2D eigenvalue weighted by Crippen LogP contribution is -2.30. The second kappa shape index (κ2) is 7.44. The molecule has 0 saturated heterocycles. The number of nitrogen functional groups attached to an aromatic ring is 1. The molecule has 4 N–H and O–H groups in total. The number of nitrogens with one attached hydrogen (secondary N) is 2. The quantitative estimate of drug-likeness (QED) is 0.639. The summed E-state index contributed by atoms with van der Waals surface area (Å²) in [6.07, 6.45) is 0.907. The van der Waals surface area contributed by atoms with Crippen molar-refractivity contribution < 1.29 is 9.53 Å². The molecule has 1 rings (SSSR count). The zero-order valence-corrected chi connectivity index (χ0v) is 10.7. The van der Waals surface area contributed by atoms with Crippen LogP contribution in [0.15, 0.2) is 6.07 Å². The second-order valence-electron chi connectivity index (χ2n) is 3.73. The van der Waals surface area contributed by atoms with E-state index in [0.29, 0.717) is 24.0 Å². The first-order valence-electron chi connectivity index (χ1n) is 5.78. The van der Waals surface area contributed by atoms with E-state index in [1.807, 2.05) is 6.92 Å². The van der Waals surface area contributed by atoms with Gasteiger partial charge in [0.25, 0.3) is 0 Å². The van der Waals surface area contributed by atoms with E-state index in [2.05, 4.69) is 20.6 Å². The van der Waals surface area contributed by atoms with Crippen LogP contribution in [0.3, 0.4) is 0 Å². The van der Waals surface area contributed by atoms with Crippen LogP contribution in [0, 0.1) is 0 Å². The molecular weight excluding hydrogens is 234 g/mol. The van der Waals surface area contributed by atoms with Crippen molar-refractivity contribution in [1.29, 1.82) is 0 Å². The van der Waals surface area contributed by atoms with Gasteiger partial charge >= 0.3 is 0 Å². The number of carbonyl (C=O) groups is 1. The van der Waals surface area contributed by atoms with Gasteiger partial charge in [-0.3, -0.25) is 4.79 Å². The number of aromatic nitrogens is 2. The topological polar surface area (TPSA) is 102 Å². The van der Waals surface area contributed by atoms with E-state index >= 15 is 0 Å². The van der Waals surface area contributed by atoms with Gasteiger partial charge in [0.05, 0.1) is 6.54 Å². The maximum absolute atomic E-state index is 11.4. The van der Waals surface area contributed by atoms with E-state index in [9.17, 15) is 4.79 Å². The molecule has 0 aromatic carbocycles. The number of amides is 1. The van der Waals surface area contributed by atoms with Crippen molar-refractivity contribution in [3.8, 4) is 0 Å². The number of ether oxygens (including phenoxy) is 1. The summed E-state index contributed by atoms with van der Waals surface area (Å²) in [7, 11) is 1.55. The fourth-order valence-corrected chi connectivity index (χ4v) is 1.30. The first kappa shape index (κ1) is 14.2. The van der Waals surface area contributed by atoms with Gasteiger partial charge in [-0.1, -0.05) is 6.92 Å². The van der Waals surface area contributed by atoms with Crippen LogP contribution >= 0.6 is 0 Å². The number of hydrogen-bond acceptors (Lipinski definition) is 6. The summed E-state index contributed by atoms with van der Waals surface area (Å²) in [5.41, 5.74) is 5.63. The third kappa shape index (κ3) is 4.96. The van der Waals surface area contributed by atoms with Gasteiger partial charge in [-0.05, 0) is 6.42 Å². The number of nitrogens with zero attached hydrogens (tertiary/aromatic N) is 2. The van der Waals surface area contributed by atoms with Crippen LogP contribution in [0.1, 0.15) is 19.2 Å². The van der Waals surface area contributed by atoms with Crippen molar-refractivity contribution in [2.45, 2.75) is 20.0 Å². The van der Waals surface area contributed by atoms with Crippen molar-refractivity contribution in [2.75, 3.05) is 31.2 Å². The van der Waals surface area contributed by atoms with Crippen LogP contribution in [0.25, 0.3) is 0 Å². The molecule has 0 radical (unpaired) electrons. The van der Waals surface area contributed by atoms with Gasteiger partial charge < -0.3 is 21.1 Å². The van der Waals surface area contributed by atoms with Crippen molar-refractivity contribution in [1.82, 2.24) is 15.3 Å². The van der Waals surface area contributed by atoms with Crippen molar-refractivity contribution in [3.63, 3.8) is 0 Å². The van der Waals surface area contributed by atoms with E-state index in [1.54, 1.807) is 13.2 Å². The van der Waals surface area contributed by atoms with Crippen molar-refractivity contribution in [2.24, 2.45) is 0 Å². The SMILES string of the molecule is CCCNC(=O)CNc1cc(N)nc(COC)n1. The van der Waals surface area contributed by atoms with Crippen molar-refractivity contribution >= 4 is 17.5 Å². The Balaban J connectivity index is 2.53. The number of rotatable bonds is 7. The average molecular weight is 253 g/mol. The normalized spacial score (nSPS) is 10.1. The number of anilines is 2. The number of hydrogen-bond donors (Lipinski definition) is 3. The molecule has 0 aliphatic heterocycles. The minimum absolute atomic E-state index is 0.0812. The number of methoxy groups -OCH3 is 1. The molecule has 7 heteroatoms. The molecule has 0 fully saturated rings. The van der Waals surface area contributed by atoms with Crippen LogP contribution in [-0.4, -0.2) is 36.1 Å². The van der Waals surface area contributed by atoms with Gasteiger partial charge in [0.15, 0.2) is 5.82 Å². The van der Waals surface area contributed by atoms with Gasteiger partial charge in [-0.2, -0.15) is 0 Å². The highest BCUT2D eigenvalue weighted by Gasteiger charge is 2.04. The molecule has 0 aliphatic carbocycles. The predicted octanol–water partition coefficient (Wildman–Crippen LogP) is 0.143. The minimum atomic E-state index is -0.0812. The fraction of sp³-hybridized carbons (Fsp3) is 0.545. The summed E-state index contributed by atoms with van der Waals surface area (Å²) in [5.74, 6) is 1.26. The molecule has 100 valence electrons. The Bertz CT molecular complexity index is 397. The van der Waals surface area contributed by atoms with Gasteiger partial charge in [-0.25, -0.2) is 9.97 Å². The Morgan fingerprint density at radius 2 is 2.28 bits per heavy atom. The van der Waals surface area contributed by atoms with Gasteiger partial charge in [-0.15, -0.1) is 0 Å². The van der Waals surface area contributed by atoms with Crippen LogP contribution in [-0.2, 0) is 16.1 Å². The van der Waals surface area contributed by atoms with Gasteiger partial charge in [0.2, 0.25) is 5.91 Å². The molecular formula is C11H19N5O2. The summed E-state index contributed by atoms with van der Waals surface area (Å²) in [6.45, 7) is 3.10. The molecule has 1 amide bonds. The zero-order valence-electron chi connectivity index (χ0n) is 10.7. The van der Waals surface area contributed by atoms with Gasteiger partial charge in [0, 0.05) is 19.7 Å². The fourth-order valence-electron chi connectivity index (χ4n) is 1.30. The standard InChI is InChI=1S/C11H19N5O2/c1-3-4-13-11(17)6-14-9-5-8(12)15-10(16-9)7-18-2/h5H,3-4,6-7H2,1-2H3,(H,13,17)(H3,12,14,15,16). The summed E-state index contributed by atoms with van der Waals surface area (Å²) >= 11 is 0. The molecule has 7 nitrogen and oxygen atoms in total. The Kier molecular flexibility index (Phi) is 5.86. The van der Waals surface area contributed by atoms with E-state index in [0.717, 1.165) is 6.42 Å². The lowest BCUT2D eigenvalue weighted by molar-refractivity contribution is -0.119. The summed E-state index contributed by atoms with van der Waals surface area (Å²) in [6, 6.07) is 1.58. The Hall–Kier alpha value is -1.89. The first-order valence-corrected chi connectivity index (χ1v) is 5.78. The number of carbonyl (C=O) groups excluding carboxylic acids is 1. The largest absolute Gasteiger partial charge is 0.384 e. The highest BCUT2D eigenvalue weighted by atomic mass is 16.5. The Labute approximate surface area is 106 Å². The van der Waals surface area contributed by atoms with E-state index < -0.39 is 0 Å². The monoisotopic (exact) mass is 253 g/mol. The highest BCUT2D eigenvalue weighted by molar-refractivity contribution is 5.80. The Morgan fingerprint density at radius 1 is 1.50 bits per heavy atom. The summed E-state index contributed by atoms with van der Waals surface area (Å²) in [4.78, 5) is 19.6. The van der Waals surface area contributed by atoms with Crippen molar-refractivity contribution in [3.05, 3.63) is 11.9 Å². The van der Waals surface area contributed by atoms with Crippen LogP contribution in [0.4, 0.5) is 11.6 Å². The van der Waals surface area contributed by atoms with Gasteiger partial charge in [0.1, 0.15) is 18.2 Å². The molecule has 0 spiro atoms. The lowest BCUT2D eigenvalue weighted by atomic mass is 10.4. The molecule has 1 aromatic heterocycles. The van der Waals surface area contributed by atoms with Crippen LogP contribution in [0.2, 0.25) is 0 Å². The predicted molar refractivity (Wildman–Crippen MR) is 68.9 cm³/mol. The van der Waals surface area contributed by atoms with E-state index in [1.165, 1.54) is 0 Å². The third-order valence-electron chi connectivity index (χ3n) is 2.07. The maximum Gasteiger partial charge on any atom is 0.239 e. The smallest absolute Gasteiger partial charge is 0.239 e. The molecule has 0 atom stereocenters. The minimum Gasteiger partial charge on any atom is -0.384 e. The zero-order chi connectivity index (χ0) is 13.4. The summed E-state index contributed by atoms with van der Waals surface area (Å²) in [5, 5.41) is 5.65. The second-order valence-corrected chi connectivity index (χ2v) is 3.73. The lowest BCUT2D eigenvalue weighted by Gasteiger charge is -2.08. The highest BCUT2D eigenvalue weighted by Crippen LogP contribution is 2.08. The number of nitrogens with two attached hydrogens (primary N) is 1. The van der Waals surface area contributed by atoms with Crippen LogP contribution in [0.5, 0.6) is 0 Å².